The number of nitrogens with zero attached hydrogens (tertiary/aromatic N) is 1. The highest BCUT2D eigenvalue weighted by Crippen LogP contribution is 2.31. The maximum atomic E-state index is 12.9. The second kappa shape index (κ2) is 14.1. The van der Waals surface area contributed by atoms with E-state index in [9.17, 15) is 4.79 Å². The number of unbranched alkanes of at least 4 members (excludes halogenated alkanes) is 1. The zero-order valence-corrected chi connectivity index (χ0v) is 20.9. The van der Waals surface area contributed by atoms with Gasteiger partial charge in [0.05, 0.1) is 30.5 Å². The smallest absolute Gasteiger partial charge is 0.166 e. The summed E-state index contributed by atoms with van der Waals surface area (Å²) >= 11 is 6.19. The quantitative estimate of drug-likeness (QED) is 0.225. The van der Waals surface area contributed by atoms with Gasteiger partial charge in [-0.1, -0.05) is 25.4 Å². The SMILES string of the molecule is CCN(CC)CCCCC(=O)c1cc(Cl)c(N)cc1OCc1cc(OC)cc(OC)c1.Cl. The molecular formula is C24H34Cl2N2O4. The van der Waals surface area contributed by atoms with E-state index in [0.29, 0.717) is 39.9 Å². The molecule has 6 nitrogen and oxygen atoms in total. The van der Waals surface area contributed by atoms with E-state index in [2.05, 4.69) is 18.7 Å². The first kappa shape index (κ1) is 27.9. The maximum absolute atomic E-state index is 12.9. The predicted octanol–water partition coefficient (Wildman–Crippen LogP) is 5.64. The van der Waals surface area contributed by atoms with E-state index in [1.54, 1.807) is 32.4 Å². The van der Waals surface area contributed by atoms with Crippen molar-refractivity contribution in [2.75, 3.05) is 39.6 Å². The third kappa shape index (κ3) is 8.08. The Kier molecular flexibility index (Phi) is 12.3. The van der Waals surface area contributed by atoms with E-state index >= 15 is 0 Å². The Labute approximate surface area is 202 Å². The predicted molar refractivity (Wildman–Crippen MR) is 133 cm³/mol. The monoisotopic (exact) mass is 484 g/mol. The molecule has 0 amide bonds. The lowest BCUT2D eigenvalue weighted by Crippen LogP contribution is -2.24. The van der Waals surface area contributed by atoms with Crippen molar-refractivity contribution in [1.29, 1.82) is 0 Å². The lowest BCUT2D eigenvalue weighted by molar-refractivity contribution is 0.0973. The van der Waals surface area contributed by atoms with Gasteiger partial charge in [-0.2, -0.15) is 0 Å². The van der Waals surface area contributed by atoms with Crippen molar-refractivity contribution in [2.45, 2.75) is 39.7 Å². The molecule has 0 aliphatic rings. The van der Waals surface area contributed by atoms with Crippen LogP contribution in [0.2, 0.25) is 5.02 Å². The van der Waals surface area contributed by atoms with Gasteiger partial charge in [0.25, 0.3) is 0 Å². The number of ether oxygens (including phenoxy) is 3. The van der Waals surface area contributed by atoms with Gasteiger partial charge in [-0.15, -0.1) is 12.4 Å². The summed E-state index contributed by atoms with van der Waals surface area (Å²) in [4.78, 5) is 15.2. The van der Waals surface area contributed by atoms with Crippen LogP contribution in [0.15, 0.2) is 30.3 Å². The molecule has 0 spiro atoms. The molecule has 0 aliphatic heterocycles. The van der Waals surface area contributed by atoms with Crippen LogP contribution in [-0.2, 0) is 6.61 Å². The third-order valence-electron chi connectivity index (χ3n) is 5.23. The fourth-order valence-corrected chi connectivity index (χ4v) is 3.48. The molecule has 0 atom stereocenters. The van der Waals surface area contributed by atoms with Crippen LogP contribution in [0, 0.1) is 0 Å². The fraction of sp³-hybridized carbons (Fsp3) is 0.458. The number of benzene rings is 2. The minimum Gasteiger partial charge on any atom is -0.497 e. The largest absolute Gasteiger partial charge is 0.497 e. The second-order valence-corrected chi connectivity index (χ2v) is 7.69. The highest BCUT2D eigenvalue weighted by atomic mass is 35.5. The van der Waals surface area contributed by atoms with Crippen molar-refractivity contribution in [2.24, 2.45) is 0 Å². The number of ketones is 1. The molecule has 2 aromatic carbocycles. The molecule has 0 bridgehead atoms. The molecule has 0 aromatic heterocycles. The lowest BCUT2D eigenvalue weighted by atomic mass is 10.0. The molecule has 0 saturated carbocycles. The van der Waals surface area contributed by atoms with Crippen LogP contribution in [0.3, 0.4) is 0 Å². The van der Waals surface area contributed by atoms with Crippen LogP contribution in [-0.4, -0.2) is 44.5 Å². The van der Waals surface area contributed by atoms with E-state index < -0.39 is 0 Å². The minimum atomic E-state index is -0.000306. The summed E-state index contributed by atoms with van der Waals surface area (Å²) in [5.74, 6) is 1.76. The Morgan fingerprint density at radius 1 is 1.00 bits per heavy atom. The minimum absolute atomic E-state index is 0. The molecule has 0 aliphatic carbocycles. The number of methoxy groups -OCH3 is 2. The highest BCUT2D eigenvalue weighted by Gasteiger charge is 2.16. The Morgan fingerprint density at radius 2 is 1.62 bits per heavy atom. The average molecular weight is 485 g/mol. The molecule has 178 valence electrons. The standard InChI is InChI=1S/C24H33ClN2O4.ClH/c1-5-27(6-2)10-8-7-9-23(28)20-14-21(25)22(26)15-24(20)31-16-17-11-18(29-3)13-19(12-17)30-4;/h11-15H,5-10,16,26H2,1-4H3;1H. The summed E-state index contributed by atoms with van der Waals surface area (Å²) in [7, 11) is 3.19. The third-order valence-corrected chi connectivity index (χ3v) is 5.55. The molecule has 2 rings (SSSR count). The maximum Gasteiger partial charge on any atom is 0.166 e. The zero-order valence-electron chi connectivity index (χ0n) is 19.3. The van der Waals surface area contributed by atoms with Gasteiger partial charge < -0.3 is 24.8 Å². The van der Waals surface area contributed by atoms with Crippen LogP contribution >= 0.6 is 24.0 Å². The topological polar surface area (TPSA) is 74.0 Å². The molecule has 0 unspecified atom stereocenters. The number of hydrogen-bond acceptors (Lipinski definition) is 6. The Hall–Kier alpha value is -2.15. The number of carbonyl (C=O) groups is 1. The van der Waals surface area contributed by atoms with Crippen molar-refractivity contribution < 1.29 is 19.0 Å². The van der Waals surface area contributed by atoms with Crippen molar-refractivity contribution >= 4 is 35.5 Å². The van der Waals surface area contributed by atoms with Gasteiger partial charge in [0.1, 0.15) is 23.9 Å². The first-order valence-corrected chi connectivity index (χ1v) is 11.0. The van der Waals surface area contributed by atoms with Gasteiger partial charge in [0, 0.05) is 18.6 Å². The van der Waals surface area contributed by atoms with Crippen molar-refractivity contribution in [3.8, 4) is 17.2 Å². The summed E-state index contributed by atoms with van der Waals surface area (Å²) in [5.41, 5.74) is 7.64. The second-order valence-electron chi connectivity index (χ2n) is 7.29. The first-order valence-electron chi connectivity index (χ1n) is 10.6. The summed E-state index contributed by atoms with van der Waals surface area (Å²) in [5, 5.41) is 0.349. The van der Waals surface area contributed by atoms with Gasteiger partial charge in [0.2, 0.25) is 0 Å². The summed E-state index contributed by atoms with van der Waals surface area (Å²) < 4.78 is 16.6. The van der Waals surface area contributed by atoms with Gasteiger partial charge in [-0.25, -0.2) is 0 Å². The normalized spacial score (nSPS) is 10.6. The molecule has 0 heterocycles. The van der Waals surface area contributed by atoms with Gasteiger partial charge in [-0.05, 0) is 56.2 Å². The number of Topliss-reactive ketones (excluding diaryl/α,β-unsaturated/α-hetero) is 1. The molecule has 2 aromatic rings. The van der Waals surface area contributed by atoms with Crippen LogP contribution in [0.1, 0.15) is 49.0 Å². The van der Waals surface area contributed by atoms with Gasteiger partial charge in [-0.3, -0.25) is 4.79 Å². The first-order chi connectivity index (χ1) is 14.9. The molecule has 2 N–H and O–H groups in total. The summed E-state index contributed by atoms with van der Waals surface area (Å²) in [6.45, 7) is 7.55. The Morgan fingerprint density at radius 3 is 2.19 bits per heavy atom. The number of carbonyl (C=O) groups excluding carboxylic acids is 1. The van der Waals surface area contributed by atoms with Gasteiger partial charge in [0.15, 0.2) is 5.78 Å². The highest BCUT2D eigenvalue weighted by molar-refractivity contribution is 6.33. The molecular weight excluding hydrogens is 451 g/mol. The zero-order chi connectivity index (χ0) is 22.8. The lowest BCUT2D eigenvalue weighted by Gasteiger charge is -2.17. The van der Waals surface area contributed by atoms with Crippen molar-refractivity contribution in [3.05, 3.63) is 46.5 Å². The van der Waals surface area contributed by atoms with E-state index in [4.69, 9.17) is 31.5 Å². The molecule has 8 heteroatoms. The summed E-state index contributed by atoms with van der Waals surface area (Å²) in [6, 6.07) is 8.72. The Balaban J connectivity index is 0.00000512. The van der Waals surface area contributed by atoms with Gasteiger partial charge >= 0.3 is 0 Å². The van der Waals surface area contributed by atoms with Crippen LogP contribution in [0.4, 0.5) is 5.69 Å². The molecule has 0 radical (unpaired) electrons. The van der Waals surface area contributed by atoms with E-state index in [0.717, 1.165) is 38.0 Å². The number of nitrogen functional groups attached to an aromatic ring is 1. The number of rotatable bonds is 13. The number of hydrogen-bond donors (Lipinski definition) is 1. The van der Waals surface area contributed by atoms with Crippen molar-refractivity contribution in [3.63, 3.8) is 0 Å². The molecule has 0 fully saturated rings. The number of anilines is 1. The summed E-state index contributed by atoms with van der Waals surface area (Å²) in [6.07, 6.45) is 2.21. The van der Waals surface area contributed by atoms with E-state index in [1.165, 1.54) is 0 Å². The molecule has 32 heavy (non-hydrogen) atoms. The van der Waals surface area contributed by atoms with Crippen LogP contribution in [0.25, 0.3) is 0 Å². The average Bonchev–Trinajstić information content (AvgIpc) is 2.79. The van der Waals surface area contributed by atoms with Crippen LogP contribution < -0.4 is 19.9 Å². The fourth-order valence-electron chi connectivity index (χ4n) is 3.31. The number of nitrogens with two attached hydrogens (primary N) is 1. The van der Waals surface area contributed by atoms with Crippen LogP contribution in [0.5, 0.6) is 17.2 Å². The number of halogens is 2. The Bertz CT molecular complexity index is 851. The molecule has 0 saturated heterocycles. The van der Waals surface area contributed by atoms with E-state index in [1.807, 2.05) is 12.1 Å². The van der Waals surface area contributed by atoms with E-state index in [-0.39, 0.29) is 24.8 Å². The van der Waals surface area contributed by atoms with Crippen molar-refractivity contribution in [1.82, 2.24) is 4.90 Å².